The molecule has 0 aliphatic carbocycles. The summed E-state index contributed by atoms with van der Waals surface area (Å²) in [6, 6.07) is 0.288. The molecule has 3 rings (SSSR count). The van der Waals surface area contributed by atoms with Gasteiger partial charge in [-0.05, 0) is 39.4 Å². The number of carbonyl (C=O) groups excluding carboxylic acids is 1. The molecule has 1 amide bonds. The van der Waals surface area contributed by atoms with Gasteiger partial charge in [0, 0.05) is 12.6 Å². The van der Waals surface area contributed by atoms with Crippen LogP contribution >= 0.6 is 0 Å². The summed E-state index contributed by atoms with van der Waals surface area (Å²) in [5, 5.41) is 9.98. The van der Waals surface area contributed by atoms with E-state index in [-0.39, 0.29) is 23.8 Å². The molecular formula is C12H19N5O2. The summed E-state index contributed by atoms with van der Waals surface area (Å²) in [4.78, 5) is 18.4. The lowest BCUT2D eigenvalue weighted by Crippen LogP contribution is -2.37. The van der Waals surface area contributed by atoms with Crippen molar-refractivity contribution < 1.29 is 9.32 Å². The summed E-state index contributed by atoms with van der Waals surface area (Å²) in [5.41, 5.74) is 0. The predicted octanol–water partition coefficient (Wildman–Crippen LogP) is -0.0720. The number of hydrogen-bond acceptors (Lipinski definition) is 6. The zero-order valence-electron chi connectivity index (χ0n) is 11.1. The van der Waals surface area contributed by atoms with Gasteiger partial charge in [0.05, 0.1) is 6.04 Å². The average molecular weight is 265 g/mol. The second kappa shape index (κ2) is 5.26. The molecule has 0 aromatic carbocycles. The molecule has 1 aromatic rings. The van der Waals surface area contributed by atoms with Crippen LogP contribution in [0.2, 0.25) is 0 Å². The maximum absolute atomic E-state index is 12.0. The van der Waals surface area contributed by atoms with E-state index in [1.807, 2.05) is 7.05 Å². The average Bonchev–Trinajstić information content (AvgIpc) is 3.08. The summed E-state index contributed by atoms with van der Waals surface area (Å²) in [5.74, 6) is 0.415. The van der Waals surface area contributed by atoms with Crippen molar-refractivity contribution in [2.24, 2.45) is 0 Å². The van der Waals surface area contributed by atoms with Crippen molar-refractivity contribution in [3.63, 3.8) is 0 Å². The van der Waals surface area contributed by atoms with Crippen LogP contribution in [0.25, 0.3) is 0 Å². The molecule has 2 aliphatic heterocycles. The Labute approximate surface area is 111 Å². The number of rotatable bonds is 3. The SMILES string of the molecule is CN1CCC(NC(=O)c2noc(C3CCCN3)n2)C1. The monoisotopic (exact) mass is 265 g/mol. The first-order valence-corrected chi connectivity index (χ1v) is 6.79. The van der Waals surface area contributed by atoms with E-state index in [4.69, 9.17) is 4.52 Å². The van der Waals surface area contributed by atoms with Gasteiger partial charge in [0.25, 0.3) is 11.7 Å². The highest BCUT2D eigenvalue weighted by molar-refractivity contribution is 5.90. The fourth-order valence-electron chi connectivity index (χ4n) is 2.67. The van der Waals surface area contributed by atoms with Crippen LogP contribution in [-0.4, -0.2) is 53.7 Å². The van der Waals surface area contributed by atoms with Gasteiger partial charge < -0.3 is 20.1 Å². The number of likely N-dealkylation sites (N-methyl/N-ethyl adjacent to an activating group) is 1. The van der Waals surface area contributed by atoms with Crippen molar-refractivity contribution in [3.05, 3.63) is 11.7 Å². The lowest BCUT2D eigenvalue weighted by molar-refractivity contribution is 0.0925. The molecule has 0 radical (unpaired) electrons. The van der Waals surface area contributed by atoms with Gasteiger partial charge in [0.15, 0.2) is 0 Å². The highest BCUT2D eigenvalue weighted by atomic mass is 16.5. The molecule has 7 heteroatoms. The second-order valence-corrected chi connectivity index (χ2v) is 5.33. The van der Waals surface area contributed by atoms with Crippen LogP contribution in [0.1, 0.15) is 41.8 Å². The number of nitrogens with zero attached hydrogens (tertiary/aromatic N) is 3. The fourth-order valence-corrected chi connectivity index (χ4v) is 2.67. The van der Waals surface area contributed by atoms with Crippen LogP contribution in [0.5, 0.6) is 0 Å². The van der Waals surface area contributed by atoms with Crippen molar-refractivity contribution in [2.45, 2.75) is 31.3 Å². The highest BCUT2D eigenvalue weighted by Crippen LogP contribution is 2.21. The molecule has 104 valence electrons. The topological polar surface area (TPSA) is 83.3 Å². The Morgan fingerprint density at radius 3 is 3.11 bits per heavy atom. The molecule has 19 heavy (non-hydrogen) atoms. The van der Waals surface area contributed by atoms with E-state index < -0.39 is 0 Å². The molecule has 3 heterocycles. The van der Waals surface area contributed by atoms with Crippen LogP contribution in [0, 0.1) is 0 Å². The van der Waals surface area contributed by atoms with Crippen LogP contribution in [0.3, 0.4) is 0 Å². The molecule has 2 unspecified atom stereocenters. The second-order valence-electron chi connectivity index (χ2n) is 5.33. The molecule has 2 fully saturated rings. The molecule has 7 nitrogen and oxygen atoms in total. The van der Waals surface area contributed by atoms with Crippen molar-refractivity contribution >= 4 is 5.91 Å². The normalized spacial score (nSPS) is 27.8. The number of amides is 1. The predicted molar refractivity (Wildman–Crippen MR) is 67.6 cm³/mol. The molecule has 2 N–H and O–H groups in total. The van der Waals surface area contributed by atoms with E-state index in [0.717, 1.165) is 38.9 Å². The largest absolute Gasteiger partial charge is 0.345 e. The number of likely N-dealkylation sites (tertiary alicyclic amines) is 1. The lowest BCUT2D eigenvalue weighted by Gasteiger charge is -2.10. The van der Waals surface area contributed by atoms with Crippen LogP contribution in [0.15, 0.2) is 4.52 Å². The van der Waals surface area contributed by atoms with Gasteiger partial charge in [-0.25, -0.2) is 0 Å². The zero-order valence-corrected chi connectivity index (χ0v) is 11.1. The highest BCUT2D eigenvalue weighted by Gasteiger charge is 2.26. The quantitative estimate of drug-likeness (QED) is 0.796. The van der Waals surface area contributed by atoms with Crippen molar-refractivity contribution in [3.8, 4) is 0 Å². The first kappa shape index (κ1) is 12.6. The molecule has 2 aliphatic rings. The van der Waals surface area contributed by atoms with E-state index in [0.29, 0.717) is 5.89 Å². The molecule has 2 saturated heterocycles. The molecule has 1 aromatic heterocycles. The van der Waals surface area contributed by atoms with Gasteiger partial charge in [-0.3, -0.25) is 4.79 Å². The minimum atomic E-state index is -0.242. The van der Waals surface area contributed by atoms with Crippen LogP contribution < -0.4 is 10.6 Å². The number of hydrogen-bond donors (Lipinski definition) is 2. The third kappa shape index (κ3) is 2.76. The number of aromatic nitrogens is 2. The van der Waals surface area contributed by atoms with E-state index in [1.54, 1.807) is 0 Å². The lowest BCUT2D eigenvalue weighted by atomic mass is 10.2. The maximum atomic E-state index is 12.0. The first-order valence-electron chi connectivity index (χ1n) is 6.79. The minimum Gasteiger partial charge on any atom is -0.345 e. The number of carbonyl (C=O) groups is 1. The maximum Gasteiger partial charge on any atom is 0.292 e. The minimum absolute atomic E-state index is 0.103. The van der Waals surface area contributed by atoms with Gasteiger partial charge in [0.2, 0.25) is 5.89 Å². The third-order valence-electron chi connectivity index (χ3n) is 3.73. The summed E-state index contributed by atoms with van der Waals surface area (Å²) in [6.45, 7) is 2.85. The van der Waals surface area contributed by atoms with Crippen molar-refractivity contribution in [1.29, 1.82) is 0 Å². The third-order valence-corrected chi connectivity index (χ3v) is 3.73. The van der Waals surface area contributed by atoms with Crippen LogP contribution in [0.4, 0.5) is 0 Å². The van der Waals surface area contributed by atoms with Gasteiger partial charge in [-0.15, -0.1) is 0 Å². The van der Waals surface area contributed by atoms with Gasteiger partial charge in [0.1, 0.15) is 0 Å². The van der Waals surface area contributed by atoms with Gasteiger partial charge in [-0.1, -0.05) is 5.16 Å². The van der Waals surface area contributed by atoms with E-state index in [2.05, 4.69) is 25.7 Å². The summed E-state index contributed by atoms with van der Waals surface area (Å²) in [6.07, 6.45) is 3.05. The smallest absolute Gasteiger partial charge is 0.292 e. The van der Waals surface area contributed by atoms with Crippen LogP contribution in [-0.2, 0) is 0 Å². The molecule has 2 atom stereocenters. The molecular weight excluding hydrogens is 246 g/mol. The summed E-state index contributed by atoms with van der Waals surface area (Å²) >= 11 is 0. The standard InChI is InChI=1S/C12H19N5O2/c1-17-6-4-8(7-17)14-11(18)10-15-12(19-16-10)9-3-2-5-13-9/h8-9,13H,2-7H2,1H3,(H,14,18). The van der Waals surface area contributed by atoms with E-state index in [1.165, 1.54) is 0 Å². The Hall–Kier alpha value is -1.47. The number of nitrogens with one attached hydrogen (secondary N) is 2. The molecule has 0 saturated carbocycles. The zero-order chi connectivity index (χ0) is 13.2. The Morgan fingerprint density at radius 1 is 1.53 bits per heavy atom. The van der Waals surface area contributed by atoms with Crippen molar-refractivity contribution in [1.82, 2.24) is 25.7 Å². The van der Waals surface area contributed by atoms with E-state index >= 15 is 0 Å². The fraction of sp³-hybridized carbons (Fsp3) is 0.750. The Balaban J connectivity index is 1.60. The van der Waals surface area contributed by atoms with Gasteiger partial charge >= 0.3 is 0 Å². The van der Waals surface area contributed by atoms with E-state index in [9.17, 15) is 4.79 Å². The Bertz CT molecular complexity index is 455. The van der Waals surface area contributed by atoms with Crippen molar-refractivity contribution in [2.75, 3.05) is 26.7 Å². The summed E-state index contributed by atoms with van der Waals surface area (Å²) < 4.78 is 5.16. The summed E-state index contributed by atoms with van der Waals surface area (Å²) in [7, 11) is 2.05. The Kier molecular flexibility index (Phi) is 3.48. The molecule has 0 bridgehead atoms. The first-order chi connectivity index (χ1) is 9.22. The Morgan fingerprint density at radius 2 is 2.42 bits per heavy atom. The van der Waals surface area contributed by atoms with Gasteiger partial charge in [-0.2, -0.15) is 4.98 Å². The molecule has 0 spiro atoms.